The Labute approximate surface area is 249 Å². The number of unbranched alkanes of at least 4 members (excludes halogenated alkanes) is 3. The van der Waals surface area contributed by atoms with Gasteiger partial charge in [-0.1, -0.05) is 116 Å². The molecule has 0 spiro atoms. The van der Waals surface area contributed by atoms with Gasteiger partial charge in [-0.05, 0) is 95.3 Å². The van der Waals surface area contributed by atoms with Crippen molar-refractivity contribution in [2.75, 3.05) is 6.61 Å². The number of ether oxygens (including phenoxy) is 1. The van der Waals surface area contributed by atoms with Gasteiger partial charge in [0.1, 0.15) is 5.75 Å². The summed E-state index contributed by atoms with van der Waals surface area (Å²) in [5.74, 6) is -0.458. The lowest BCUT2D eigenvalue weighted by Crippen LogP contribution is -2.07. The van der Waals surface area contributed by atoms with Gasteiger partial charge in [0.2, 0.25) is 0 Å². The summed E-state index contributed by atoms with van der Waals surface area (Å²) < 4.78 is 6.06. The van der Waals surface area contributed by atoms with Crippen LogP contribution in [-0.4, -0.2) is 17.7 Å². The van der Waals surface area contributed by atoms with Crippen molar-refractivity contribution in [2.45, 2.75) is 57.8 Å². The van der Waals surface area contributed by atoms with E-state index in [4.69, 9.17) is 4.74 Å². The van der Waals surface area contributed by atoms with Gasteiger partial charge in [-0.25, -0.2) is 0 Å². The molecule has 0 aliphatic heterocycles. The number of hydrogen-bond donors (Lipinski definition) is 1. The van der Waals surface area contributed by atoms with Gasteiger partial charge < -0.3 is 9.84 Å². The molecule has 0 heterocycles. The molecule has 0 aliphatic carbocycles. The molecule has 5 aromatic carbocycles. The minimum Gasteiger partial charge on any atom is -0.494 e. The average molecular weight is 557 g/mol. The fourth-order valence-electron chi connectivity index (χ4n) is 5.64. The van der Waals surface area contributed by atoms with Gasteiger partial charge in [0, 0.05) is 0 Å². The molecular weight excluding hydrogens is 516 g/mol. The summed E-state index contributed by atoms with van der Waals surface area (Å²) in [6.45, 7) is 2.42. The fourth-order valence-corrected chi connectivity index (χ4v) is 5.64. The molecule has 0 saturated heterocycles. The smallest absolute Gasteiger partial charge is 0.310 e. The van der Waals surface area contributed by atoms with Crippen molar-refractivity contribution >= 4 is 16.7 Å². The van der Waals surface area contributed by atoms with Crippen LogP contribution < -0.4 is 4.74 Å². The third kappa shape index (κ3) is 7.88. The first kappa shape index (κ1) is 29.1. The number of hydrogen-bond acceptors (Lipinski definition) is 2. The Bertz CT molecular complexity index is 1590. The molecule has 1 N–H and O–H groups in total. The van der Waals surface area contributed by atoms with Gasteiger partial charge >= 0.3 is 5.97 Å². The first-order chi connectivity index (χ1) is 20.6. The molecular formula is C39H40O3. The number of carboxylic acid groups (broad SMARTS) is 1. The van der Waals surface area contributed by atoms with Crippen LogP contribution in [0.3, 0.4) is 0 Å². The maximum absolute atomic E-state index is 11.3. The molecule has 0 saturated carbocycles. The van der Waals surface area contributed by atoms with Crippen LogP contribution in [-0.2, 0) is 24.1 Å². The molecule has 1 unspecified atom stereocenters. The zero-order chi connectivity index (χ0) is 29.1. The normalized spacial score (nSPS) is 11.8. The van der Waals surface area contributed by atoms with E-state index in [1.165, 1.54) is 40.7 Å². The molecule has 214 valence electrons. The Morgan fingerprint density at radius 1 is 0.667 bits per heavy atom. The van der Waals surface area contributed by atoms with Crippen LogP contribution in [0.4, 0.5) is 0 Å². The van der Waals surface area contributed by atoms with Crippen molar-refractivity contribution in [3.63, 3.8) is 0 Å². The molecule has 1 atom stereocenters. The van der Waals surface area contributed by atoms with E-state index < -0.39 is 11.9 Å². The molecule has 5 rings (SSSR count). The van der Waals surface area contributed by atoms with E-state index in [0.717, 1.165) is 54.2 Å². The number of aryl methyl sites for hydroxylation is 1. The van der Waals surface area contributed by atoms with Crippen molar-refractivity contribution in [2.24, 2.45) is 0 Å². The van der Waals surface area contributed by atoms with Crippen molar-refractivity contribution in [1.82, 2.24) is 0 Å². The average Bonchev–Trinajstić information content (AvgIpc) is 3.02. The number of carbonyl (C=O) groups is 1. The Morgan fingerprint density at radius 2 is 1.31 bits per heavy atom. The van der Waals surface area contributed by atoms with Crippen LogP contribution in [0.15, 0.2) is 115 Å². The zero-order valence-electron chi connectivity index (χ0n) is 24.5. The summed E-state index contributed by atoms with van der Waals surface area (Å²) in [6, 6.07) is 40.3. The molecule has 0 aromatic heterocycles. The SMILES string of the molecule is CC(C(=O)O)c1ccc2cc(OCCCCCCc3cccc(Cc4ccccc4)c3Cc3ccccc3)ccc2c1. The second kappa shape index (κ2) is 14.5. The molecule has 0 aliphatic rings. The zero-order valence-corrected chi connectivity index (χ0v) is 24.5. The highest BCUT2D eigenvalue weighted by Gasteiger charge is 2.14. The number of fused-ring (bicyclic) bond motifs is 1. The number of aliphatic carboxylic acids is 1. The second-order valence-electron chi connectivity index (χ2n) is 11.2. The van der Waals surface area contributed by atoms with Crippen LogP contribution in [0.1, 0.15) is 71.9 Å². The van der Waals surface area contributed by atoms with E-state index in [2.05, 4.69) is 78.9 Å². The summed E-state index contributed by atoms with van der Waals surface area (Å²) in [6.07, 6.45) is 7.55. The van der Waals surface area contributed by atoms with Gasteiger partial charge in [-0.3, -0.25) is 4.79 Å². The van der Waals surface area contributed by atoms with Crippen LogP contribution in [0, 0.1) is 0 Å². The lowest BCUT2D eigenvalue weighted by Gasteiger charge is -2.16. The minimum atomic E-state index is -0.807. The van der Waals surface area contributed by atoms with Gasteiger partial charge in [-0.15, -0.1) is 0 Å². The molecule has 0 fully saturated rings. The first-order valence-electron chi connectivity index (χ1n) is 15.1. The van der Waals surface area contributed by atoms with Crippen molar-refractivity contribution < 1.29 is 14.6 Å². The standard InChI is InChI=1S/C39H40O3/c1-29(39(40)41)33-20-21-35-28-37(23-22-34(35)27-33)42-24-11-3-2-10-17-32-18-12-19-36(25-30-13-6-4-7-14-30)38(32)26-31-15-8-5-9-16-31/h4-9,12-16,18-23,27-29H,2-3,10-11,17,24-26H2,1H3,(H,40,41). The topological polar surface area (TPSA) is 46.5 Å². The van der Waals surface area contributed by atoms with Gasteiger partial charge in [0.25, 0.3) is 0 Å². The lowest BCUT2D eigenvalue weighted by atomic mass is 9.89. The molecule has 3 heteroatoms. The molecule has 3 nitrogen and oxygen atoms in total. The molecule has 0 bridgehead atoms. The summed E-state index contributed by atoms with van der Waals surface area (Å²) in [7, 11) is 0. The predicted molar refractivity (Wildman–Crippen MR) is 173 cm³/mol. The Kier molecular flexibility index (Phi) is 10.1. The highest BCUT2D eigenvalue weighted by atomic mass is 16.5. The second-order valence-corrected chi connectivity index (χ2v) is 11.2. The molecule has 0 amide bonds. The van der Waals surface area contributed by atoms with Crippen LogP contribution >= 0.6 is 0 Å². The quantitative estimate of drug-likeness (QED) is 0.139. The van der Waals surface area contributed by atoms with Gasteiger partial charge in [-0.2, -0.15) is 0 Å². The van der Waals surface area contributed by atoms with E-state index in [-0.39, 0.29) is 0 Å². The summed E-state index contributed by atoms with van der Waals surface area (Å²) in [5, 5.41) is 11.4. The van der Waals surface area contributed by atoms with E-state index in [9.17, 15) is 9.90 Å². The summed E-state index contributed by atoms with van der Waals surface area (Å²) in [4.78, 5) is 11.3. The summed E-state index contributed by atoms with van der Waals surface area (Å²) >= 11 is 0. The minimum absolute atomic E-state index is 0.515. The predicted octanol–water partition coefficient (Wildman–Crippen LogP) is 9.39. The van der Waals surface area contributed by atoms with Crippen molar-refractivity contribution in [3.8, 4) is 5.75 Å². The maximum atomic E-state index is 11.3. The third-order valence-corrected chi connectivity index (χ3v) is 8.15. The fraction of sp³-hybridized carbons (Fsp3) is 0.256. The third-order valence-electron chi connectivity index (χ3n) is 8.15. The van der Waals surface area contributed by atoms with Crippen molar-refractivity contribution in [3.05, 3.63) is 149 Å². The maximum Gasteiger partial charge on any atom is 0.310 e. The summed E-state index contributed by atoms with van der Waals surface area (Å²) in [5.41, 5.74) is 7.92. The van der Waals surface area contributed by atoms with Crippen LogP contribution in [0.25, 0.3) is 10.8 Å². The van der Waals surface area contributed by atoms with Crippen LogP contribution in [0.2, 0.25) is 0 Å². The van der Waals surface area contributed by atoms with Gasteiger partial charge in [0.05, 0.1) is 12.5 Å². The Morgan fingerprint density at radius 3 is 2.05 bits per heavy atom. The number of rotatable bonds is 14. The lowest BCUT2D eigenvalue weighted by molar-refractivity contribution is -0.138. The van der Waals surface area contributed by atoms with Gasteiger partial charge in [0.15, 0.2) is 0 Å². The first-order valence-corrected chi connectivity index (χ1v) is 15.1. The Balaban J connectivity index is 1.12. The molecule has 0 radical (unpaired) electrons. The van der Waals surface area contributed by atoms with E-state index in [1.54, 1.807) is 6.92 Å². The largest absolute Gasteiger partial charge is 0.494 e. The monoisotopic (exact) mass is 556 g/mol. The number of carboxylic acids is 1. The molecule has 42 heavy (non-hydrogen) atoms. The van der Waals surface area contributed by atoms with Crippen LogP contribution in [0.5, 0.6) is 5.75 Å². The number of benzene rings is 5. The van der Waals surface area contributed by atoms with E-state index in [1.807, 2.05) is 36.4 Å². The van der Waals surface area contributed by atoms with E-state index >= 15 is 0 Å². The van der Waals surface area contributed by atoms with E-state index in [0.29, 0.717) is 6.61 Å². The molecule has 5 aromatic rings. The highest BCUT2D eigenvalue weighted by Crippen LogP contribution is 2.26. The highest BCUT2D eigenvalue weighted by molar-refractivity contribution is 5.86. The van der Waals surface area contributed by atoms with Crippen molar-refractivity contribution in [1.29, 1.82) is 0 Å². The Hall–Kier alpha value is -4.37.